The highest BCUT2D eigenvalue weighted by Gasteiger charge is 2.50. The maximum Gasteiger partial charge on any atom is 0.225 e. The zero-order chi connectivity index (χ0) is 17.1. The van der Waals surface area contributed by atoms with Gasteiger partial charge in [-0.25, -0.2) is 0 Å². The molecule has 1 atom stereocenters. The Kier molecular flexibility index (Phi) is 5.29. The molecular formula is C19H26N2O3S. The molecular weight excluding hydrogens is 336 g/mol. The van der Waals surface area contributed by atoms with Crippen LogP contribution < -0.4 is 0 Å². The normalized spacial score (nSPS) is 26.4. The molecule has 0 aromatic carbocycles. The monoisotopic (exact) mass is 362 g/mol. The van der Waals surface area contributed by atoms with Gasteiger partial charge in [-0.2, -0.15) is 11.8 Å². The number of ether oxygens (including phenoxy) is 2. The molecule has 4 rings (SSSR count). The lowest BCUT2D eigenvalue weighted by Crippen LogP contribution is -2.68. The van der Waals surface area contributed by atoms with Gasteiger partial charge in [0.05, 0.1) is 25.8 Å². The Morgan fingerprint density at radius 2 is 2.04 bits per heavy atom. The Labute approximate surface area is 153 Å². The lowest BCUT2D eigenvalue weighted by molar-refractivity contribution is -0.204. The Hall–Kier alpha value is -1.11. The van der Waals surface area contributed by atoms with E-state index in [2.05, 4.69) is 4.98 Å². The van der Waals surface area contributed by atoms with Crippen molar-refractivity contribution in [1.82, 2.24) is 9.88 Å². The number of pyridine rings is 1. The zero-order valence-corrected chi connectivity index (χ0v) is 15.4. The van der Waals surface area contributed by atoms with Gasteiger partial charge >= 0.3 is 0 Å². The van der Waals surface area contributed by atoms with Crippen LogP contribution in [-0.4, -0.2) is 58.7 Å². The van der Waals surface area contributed by atoms with E-state index in [0.29, 0.717) is 12.5 Å². The van der Waals surface area contributed by atoms with Crippen molar-refractivity contribution in [3.05, 3.63) is 30.1 Å². The van der Waals surface area contributed by atoms with Crippen molar-refractivity contribution >= 4 is 17.7 Å². The van der Waals surface area contributed by atoms with Crippen LogP contribution in [0.3, 0.4) is 0 Å². The SMILES string of the molecule is O=C(C1CCSCC1)N1CC2(C[C@H](OCc3ccncc3)CCO2)C1. The second kappa shape index (κ2) is 7.64. The average molecular weight is 362 g/mol. The highest BCUT2D eigenvalue weighted by molar-refractivity contribution is 7.99. The van der Waals surface area contributed by atoms with Gasteiger partial charge in [-0.15, -0.1) is 0 Å². The number of aromatic nitrogens is 1. The third-order valence-corrected chi connectivity index (χ3v) is 6.57. The van der Waals surface area contributed by atoms with E-state index >= 15 is 0 Å². The summed E-state index contributed by atoms with van der Waals surface area (Å²) in [5.41, 5.74) is 0.983. The zero-order valence-electron chi connectivity index (χ0n) is 14.6. The maximum absolute atomic E-state index is 12.6. The molecule has 3 saturated heterocycles. The van der Waals surface area contributed by atoms with E-state index in [4.69, 9.17) is 9.47 Å². The number of amides is 1. The summed E-state index contributed by atoms with van der Waals surface area (Å²) in [6.45, 7) is 2.82. The minimum atomic E-state index is -0.166. The van der Waals surface area contributed by atoms with Gasteiger partial charge in [0.25, 0.3) is 0 Å². The number of nitrogens with zero attached hydrogens (tertiary/aromatic N) is 2. The Bertz CT molecular complexity index is 586. The van der Waals surface area contributed by atoms with Crippen molar-refractivity contribution in [1.29, 1.82) is 0 Å². The number of thioether (sulfide) groups is 1. The van der Waals surface area contributed by atoms with Crippen LogP contribution >= 0.6 is 11.8 Å². The molecule has 136 valence electrons. The molecule has 3 fully saturated rings. The van der Waals surface area contributed by atoms with Crippen molar-refractivity contribution in [2.24, 2.45) is 5.92 Å². The summed E-state index contributed by atoms with van der Waals surface area (Å²) in [5, 5.41) is 0. The lowest BCUT2D eigenvalue weighted by Gasteiger charge is -2.53. The van der Waals surface area contributed by atoms with Gasteiger partial charge in [0.2, 0.25) is 5.91 Å². The number of carbonyl (C=O) groups excluding carboxylic acids is 1. The first-order valence-corrected chi connectivity index (χ1v) is 10.4. The smallest absolute Gasteiger partial charge is 0.225 e. The second-order valence-corrected chi connectivity index (χ2v) is 8.62. The molecule has 0 unspecified atom stereocenters. The Balaban J connectivity index is 1.26. The Morgan fingerprint density at radius 3 is 2.80 bits per heavy atom. The molecule has 0 bridgehead atoms. The van der Waals surface area contributed by atoms with Gasteiger partial charge < -0.3 is 14.4 Å². The summed E-state index contributed by atoms with van der Waals surface area (Å²) in [7, 11) is 0. The van der Waals surface area contributed by atoms with Gasteiger partial charge in [-0.1, -0.05) is 0 Å². The molecule has 1 aromatic rings. The second-order valence-electron chi connectivity index (χ2n) is 7.39. The first-order valence-electron chi connectivity index (χ1n) is 9.25. The van der Waals surface area contributed by atoms with Crippen LogP contribution in [0.4, 0.5) is 0 Å². The highest BCUT2D eigenvalue weighted by Crippen LogP contribution is 2.37. The van der Waals surface area contributed by atoms with Crippen LogP contribution in [0, 0.1) is 5.92 Å². The van der Waals surface area contributed by atoms with Crippen LogP contribution in [0.25, 0.3) is 0 Å². The van der Waals surface area contributed by atoms with E-state index in [1.54, 1.807) is 12.4 Å². The van der Waals surface area contributed by atoms with E-state index in [0.717, 1.165) is 62.4 Å². The number of hydrogen-bond acceptors (Lipinski definition) is 5. The van der Waals surface area contributed by atoms with Crippen LogP contribution in [0.5, 0.6) is 0 Å². The van der Waals surface area contributed by atoms with E-state index in [9.17, 15) is 4.79 Å². The molecule has 6 heteroatoms. The minimum Gasteiger partial charge on any atom is -0.373 e. The molecule has 5 nitrogen and oxygen atoms in total. The molecule has 25 heavy (non-hydrogen) atoms. The number of hydrogen-bond donors (Lipinski definition) is 0. The first-order chi connectivity index (χ1) is 12.2. The van der Waals surface area contributed by atoms with Crippen molar-refractivity contribution in [2.45, 2.75) is 44.0 Å². The van der Waals surface area contributed by atoms with E-state index in [1.165, 1.54) is 0 Å². The van der Waals surface area contributed by atoms with Gasteiger partial charge in [-0.05, 0) is 48.5 Å². The minimum absolute atomic E-state index is 0.166. The largest absolute Gasteiger partial charge is 0.373 e. The fourth-order valence-electron chi connectivity index (χ4n) is 4.05. The van der Waals surface area contributed by atoms with Crippen LogP contribution in [0.15, 0.2) is 24.5 Å². The molecule has 3 aliphatic heterocycles. The molecule has 0 saturated carbocycles. The summed E-state index contributed by atoms with van der Waals surface area (Å²) >= 11 is 1.96. The summed E-state index contributed by atoms with van der Waals surface area (Å²) in [4.78, 5) is 18.7. The van der Waals surface area contributed by atoms with Crippen LogP contribution in [0.2, 0.25) is 0 Å². The van der Waals surface area contributed by atoms with Crippen molar-refractivity contribution in [3.8, 4) is 0 Å². The predicted molar refractivity (Wildman–Crippen MR) is 97.4 cm³/mol. The summed E-state index contributed by atoms with van der Waals surface area (Å²) in [6.07, 6.45) is 7.69. The summed E-state index contributed by atoms with van der Waals surface area (Å²) < 4.78 is 12.2. The molecule has 0 N–H and O–H groups in total. The maximum atomic E-state index is 12.6. The quantitative estimate of drug-likeness (QED) is 0.824. The standard InChI is InChI=1S/C19H26N2O3S/c22-18(16-4-9-25-10-5-16)21-13-19(14-21)11-17(3-8-24-19)23-12-15-1-6-20-7-2-15/h1-2,6-7,16-17H,3-5,8-14H2/t17-/m1/s1. The molecule has 0 radical (unpaired) electrons. The molecule has 1 aromatic heterocycles. The van der Waals surface area contributed by atoms with E-state index in [1.807, 2.05) is 28.8 Å². The van der Waals surface area contributed by atoms with Crippen molar-refractivity contribution in [2.75, 3.05) is 31.2 Å². The van der Waals surface area contributed by atoms with Crippen molar-refractivity contribution in [3.63, 3.8) is 0 Å². The van der Waals surface area contributed by atoms with E-state index in [-0.39, 0.29) is 17.6 Å². The Morgan fingerprint density at radius 1 is 1.28 bits per heavy atom. The van der Waals surface area contributed by atoms with E-state index < -0.39 is 0 Å². The third kappa shape index (κ3) is 4.01. The molecule has 0 aliphatic carbocycles. The highest BCUT2D eigenvalue weighted by atomic mass is 32.2. The van der Waals surface area contributed by atoms with Gasteiger partial charge in [-0.3, -0.25) is 9.78 Å². The first kappa shape index (κ1) is 17.3. The number of likely N-dealkylation sites (tertiary alicyclic amines) is 1. The number of carbonyl (C=O) groups is 1. The van der Waals surface area contributed by atoms with Gasteiger partial charge in [0.1, 0.15) is 5.60 Å². The average Bonchev–Trinajstić information content (AvgIpc) is 2.65. The van der Waals surface area contributed by atoms with Gasteiger partial charge in [0.15, 0.2) is 0 Å². The molecule has 4 heterocycles. The van der Waals surface area contributed by atoms with Crippen LogP contribution in [0.1, 0.15) is 31.2 Å². The van der Waals surface area contributed by atoms with Crippen LogP contribution in [-0.2, 0) is 20.9 Å². The molecule has 1 spiro atoms. The summed E-state index contributed by atoms with van der Waals surface area (Å²) in [5.74, 6) is 2.82. The van der Waals surface area contributed by atoms with Crippen molar-refractivity contribution < 1.29 is 14.3 Å². The fraction of sp³-hybridized carbons (Fsp3) is 0.684. The molecule has 3 aliphatic rings. The van der Waals surface area contributed by atoms with Gasteiger partial charge in [0, 0.05) is 31.3 Å². The predicted octanol–water partition coefficient (Wildman–Crippen LogP) is 2.50. The lowest BCUT2D eigenvalue weighted by atomic mass is 9.83. The fourth-order valence-corrected chi connectivity index (χ4v) is 5.15. The molecule has 1 amide bonds. The third-order valence-electron chi connectivity index (χ3n) is 5.52. The topological polar surface area (TPSA) is 51.7 Å². The number of rotatable bonds is 4. The summed E-state index contributed by atoms with van der Waals surface area (Å²) in [6, 6.07) is 3.97.